The lowest BCUT2D eigenvalue weighted by atomic mass is 9.91. The molecule has 0 bridgehead atoms. The first-order chi connectivity index (χ1) is 14.0. The molecular weight excluding hydrogens is 408 g/mol. The van der Waals surface area contributed by atoms with Gasteiger partial charge in [-0.25, -0.2) is 8.42 Å². The van der Waals surface area contributed by atoms with Gasteiger partial charge < -0.3 is 0 Å². The topological polar surface area (TPSA) is 69.0 Å². The fourth-order valence-corrected chi connectivity index (χ4v) is 4.73. The summed E-state index contributed by atoms with van der Waals surface area (Å²) in [5.41, 5.74) is 3.72. The van der Waals surface area contributed by atoms with Crippen molar-refractivity contribution in [2.24, 2.45) is 0 Å². The van der Waals surface area contributed by atoms with Crippen molar-refractivity contribution in [3.63, 3.8) is 0 Å². The van der Waals surface area contributed by atoms with E-state index < -0.39 is 10.7 Å². The minimum Gasteiger partial charge on any atom is -0.267 e. The van der Waals surface area contributed by atoms with Gasteiger partial charge in [-0.15, -0.1) is 0 Å². The third-order valence-electron chi connectivity index (χ3n) is 5.41. The second-order valence-corrected chi connectivity index (χ2v) is 8.76. The van der Waals surface area contributed by atoms with E-state index in [0.29, 0.717) is 10.7 Å². The molecule has 3 aromatic rings. The summed E-state index contributed by atoms with van der Waals surface area (Å²) in [6.45, 7) is 0. The van der Waals surface area contributed by atoms with Crippen LogP contribution in [0.3, 0.4) is 0 Å². The molecule has 0 amide bonds. The van der Waals surface area contributed by atoms with E-state index in [4.69, 9.17) is 11.6 Å². The summed E-state index contributed by atoms with van der Waals surface area (Å²) in [5, 5.41) is 4.97. The molecule has 0 aliphatic heterocycles. The van der Waals surface area contributed by atoms with Crippen molar-refractivity contribution in [3.05, 3.63) is 81.2 Å². The van der Waals surface area contributed by atoms with Gasteiger partial charge in [-0.05, 0) is 48.1 Å². The van der Waals surface area contributed by atoms with E-state index in [9.17, 15) is 13.2 Å². The van der Waals surface area contributed by atoms with Crippen molar-refractivity contribution in [3.8, 4) is 16.8 Å². The molecule has 1 fully saturated rings. The first kappa shape index (κ1) is 19.9. The Labute approximate surface area is 175 Å². The predicted molar refractivity (Wildman–Crippen MR) is 116 cm³/mol. The molecule has 1 saturated carbocycles. The van der Waals surface area contributed by atoms with Crippen molar-refractivity contribution in [2.75, 3.05) is 0 Å². The molecule has 29 heavy (non-hydrogen) atoms. The highest BCUT2D eigenvalue weighted by Crippen LogP contribution is 2.37. The Hall–Kier alpha value is -2.44. The van der Waals surface area contributed by atoms with Crippen molar-refractivity contribution < 1.29 is 8.42 Å². The van der Waals surface area contributed by atoms with E-state index in [-0.39, 0.29) is 17.2 Å². The van der Waals surface area contributed by atoms with Gasteiger partial charge in [-0.1, -0.05) is 54.8 Å². The molecule has 150 valence electrons. The lowest BCUT2D eigenvalue weighted by Crippen LogP contribution is -2.27. The highest BCUT2D eigenvalue weighted by atomic mass is 35.5. The van der Waals surface area contributed by atoms with Crippen LogP contribution in [0.25, 0.3) is 16.8 Å². The number of benzene rings is 2. The average Bonchev–Trinajstić information content (AvgIpc) is 3.22. The van der Waals surface area contributed by atoms with Crippen molar-refractivity contribution in [1.82, 2.24) is 9.78 Å². The van der Waals surface area contributed by atoms with Crippen LogP contribution in [-0.4, -0.2) is 18.2 Å². The predicted octanol–water partition coefficient (Wildman–Crippen LogP) is 4.32. The number of aromatic nitrogens is 2. The third kappa shape index (κ3) is 4.28. The Morgan fingerprint density at radius 1 is 1.07 bits per heavy atom. The molecule has 0 saturated heterocycles. The molecule has 0 atom stereocenters. The lowest BCUT2D eigenvalue weighted by Gasteiger charge is -2.17. The molecule has 0 spiro atoms. The minimum atomic E-state index is -2.47. The van der Waals surface area contributed by atoms with Gasteiger partial charge in [0.15, 0.2) is 0 Å². The number of thiol groups is 1. The number of hydrogen-bond donors (Lipinski definition) is 1. The number of hydrogen-bond acceptors (Lipinski definition) is 4. The molecule has 7 heteroatoms. The Kier molecular flexibility index (Phi) is 5.83. The van der Waals surface area contributed by atoms with Crippen LogP contribution in [0.5, 0.6) is 0 Å². The van der Waals surface area contributed by atoms with Crippen LogP contribution < -0.4 is 5.56 Å². The van der Waals surface area contributed by atoms with Crippen LogP contribution in [0.2, 0.25) is 5.02 Å². The van der Waals surface area contributed by atoms with Crippen LogP contribution in [0.1, 0.15) is 42.7 Å². The van der Waals surface area contributed by atoms with E-state index in [2.05, 4.69) is 5.10 Å². The van der Waals surface area contributed by atoms with E-state index in [1.807, 2.05) is 18.2 Å². The van der Waals surface area contributed by atoms with Gasteiger partial charge in [-0.2, -0.15) is 9.78 Å². The maximum absolute atomic E-state index is 13.5. The van der Waals surface area contributed by atoms with Crippen LogP contribution >= 0.6 is 11.6 Å². The Morgan fingerprint density at radius 2 is 1.79 bits per heavy atom. The van der Waals surface area contributed by atoms with Crippen molar-refractivity contribution in [1.29, 1.82) is 0 Å². The standard InChI is InChI=1S/C22H21ClN2O3S/c23-18-6-3-7-19(12-18)25-22(26)21(17-4-1-2-5-17)20(13-24-25)16-10-8-15(9-11-16)14-29(27)28/h3,6-13,17,29H,1-2,4-5,14H2. The van der Waals surface area contributed by atoms with Crippen LogP contribution in [0.4, 0.5) is 0 Å². The molecule has 1 aliphatic rings. The van der Waals surface area contributed by atoms with Gasteiger partial charge >= 0.3 is 0 Å². The molecule has 4 rings (SSSR count). The zero-order chi connectivity index (χ0) is 20.4. The zero-order valence-electron chi connectivity index (χ0n) is 15.8. The molecule has 1 heterocycles. The first-order valence-corrected chi connectivity index (χ1v) is 11.4. The summed E-state index contributed by atoms with van der Waals surface area (Å²) >= 11 is 6.11. The Morgan fingerprint density at radius 3 is 2.45 bits per heavy atom. The summed E-state index contributed by atoms with van der Waals surface area (Å²) in [6, 6.07) is 14.4. The highest BCUT2D eigenvalue weighted by Gasteiger charge is 2.25. The van der Waals surface area contributed by atoms with E-state index in [0.717, 1.165) is 47.9 Å². The fourth-order valence-electron chi connectivity index (χ4n) is 4.04. The fraction of sp³-hybridized carbons (Fsp3) is 0.273. The smallest absolute Gasteiger partial charge is 0.267 e. The van der Waals surface area contributed by atoms with E-state index in [1.54, 1.807) is 36.5 Å². The van der Waals surface area contributed by atoms with Crippen molar-refractivity contribution in [2.45, 2.75) is 37.4 Å². The second kappa shape index (κ2) is 8.51. The van der Waals surface area contributed by atoms with Crippen LogP contribution in [-0.2, 0) is 16.5 Å². The van der Waals surface area contributed by atoms with Gasteiger partial charge in [0.05, 0.1) is 17.6 Å². The van der Waals surface area contributed by atoms with E-state index in [1.165, 1.54) is 4.68 Å². The summed E-state index contributed by atoms with van der Waals surface area (Å²) in [5.74, 6) is 0.210. The Bertz CT molecular complexity index is 1160. The maximum atomic E-state index is 13.5. The summed E-state index contributed by atoms with van der Waals surface area (Å²) in [7, 11) is -2.47. The molecule has 0 radical (unpaired) electrons. The minimum absolute atomic E-state index is 0.0136. The zero-order valence-corrected chi connectivity index (χ0v) is 17.4. The molecular formula is C22H21ClN2O3S. The third-order valence-corrected chi connectivity index (χ3v) is 6.27. The van der Waals surface area contributed by atoms with Gasteiger partial charge in [0.2, 0.25) is 0 Å². The summed E-state index contributed by atoms with van der Waals surface area (Å²) in [4.78, 5) is 13.5. The van der Waals surface area contributed by atoms with Gasteiger partial charge in [-0.3, -0.25) is 4.79 Å². The average molecular weight is 429 g/mol. The first-order valence-electron chi connectivity index (χ1n) is 9.62. The molecule has 5 nitrogen and oxygen atoms in total. The van der Waals surface area contributed by atoms with Crippen LogP contribution in [0, 0.1) is 0 Å². The van der Waals surface area contributed by atoms with Gasteiger partial charge in [0.1, 0.15) is 10.7 Å². The summed E-state index contributed by atoms with van der Waals surface area (Å²) < 4.78 is 23.3. The highest BCUT2D eigenvalue weighted by molar-refractivity contribution is 7.71. The quantitative estimate of drug-likeness (QED) is 0.614. The van der Waals surface area contributed by atoms with E-state index >= 15 is 0 Å². The number of nitrogens with zero attached hydrogens (tertiary/aromatic N) is 2. The van der Waals surface area contributed by atoms with Crippen molar-refractivity contribution >= 4 is 22.3 Å². The SMILES string of the molecule is O=c1c(C2CCCC2)c(-c2ccc(C[SH](=O)=O)cc2)cnn1-c1cccc(Cl)c1. The largest absolute Gasteiger partial charge is 0.275 e. The van der Waals surface area contributed by atoms with Crippen LogP contribution in [0.15, 0.2) is 59.5 Å². The molecule has 1 aromatic heterocycles. The van der Waals surface area contributed by atoms with Gasteiger partial charge in [0, 0.05) is 16.1 Å². The molecule has 1 aliphatic carbocycles. The Balaban J connectivity index is 1.83. The number of rotatable bonds is 5. The van der Waals surface area contributed by atoms with Gasteiger partial charge in [0.25, 0.3) is 5.56 Å². The molecule has 2 aromatic carbocycles. The maximum Gasteiger partial charge on any atom is 0.275 e. The summed E-state index contributed by atoms with van der Waals surface area (Å²) in [6.07, 6.45) is 5.92. The molecule has 0 unspecified atom stereocenters. The normalized spacial score (nSPS) is 14.6. The lowest BCUT2D eigenvalue weighted by molar-refractivity contribution is 0.614. The molecule has 0 N–H and O–H groups in total. The number of halogens is 1. The second-order valence-electron chi connectivity index (χ2n) is 7.34. The monoisotopic (exact) mass is 428 g/mol.